The van der Waals surface area contributed by atoms with E-state index in [9.17, 15) is 17.6 Å². The van der Waals surface area contributed by atoms with E-state index in [0.29, 0.717) is 24.9 Å². The topological polar surface area (TPSA) is 27.7 Å². The van der Waals surface area contributed by atoms with Crippen molar-refractivity contribution in [1.29, 1.82) is 0 Å². The highest BCUT2D eigenvalue weighted by molar-refractivity contribution is 8.00. The first-order valence-electron chi connectivity index (χ1n) is 6.38. The number of hydrogen-bond donors (Lipinski definition) is 0. The summed E-state index contributed by atoms with van der Waals surface area (Å²) in [7, 11) is 0. The van der Waals surface area contributed by atoms with Crippen molar-refractivity contribution >= 4 is 11.8 Å². The minimum atomic E-state index is -5.00. The average molecular weight is 316 g/mol. The molecular weight excluding hydrogens is 300 g/mol. The maximum absolute atomic E-state index is 13.1. The van der Waals surface area contributed by atoms with Crippen molar-refractivity contribution in [2.75, 3.05) is 25.6 Å². The molecule has 0 saturated carbocycles. The molecule has 0 aromatic heterocycles. The van der Waals surface area contributed by atoms with E-state index in [1.54, 1.807) is 0 Å². The molecule has 0 spiro atoms. The first kappa shape index (κ1) is 16.1. The number of rotatable bonds is 4. The molecule has 3 nitrogen and oxygen atoms in total. The quantitative estimate of drug-likeness (QED) is 0.743. The summed E-state index contributed by atoms with van der Waals surface area (Å²) in [6.45, 7) is 0.672. The fraction of sp³-hybridized carbons (Fsp3) is 0.833. The van der Waals surface area contributed by atoms with Gasteiger partial charge in [0.1, 0.15) is 0 Å². The second-order valence-electron chi connectivity index (χ2n) is 4.61. The summed E-state index contributed by atoms with van der Waals surface area (Å²) >= 11 is 1.10. The van der Waals surface area contributed by atoms with Gasteiger partial charge in [0.15, 0.2) is 11.2 Å². The van der Waals surface area contributed by atoms with Crippen LogP contribution in [0.3, 0.4) is 0 Å². The number of hydrogen-bond acceptors (Lipinski definition) is 4. The third-order valence-corrected chi connectivity index (χ3v) is 4.21. The summed E-state index contributed by atoms with van der Waals surface area (Å²) in [5.74, 6) is -1.66. The zero-order valence-corrected chi connectivity index (χ0v) is 11.6. The Bertz CT molecular complexity index is 347. The minimum Gasteiger partial charge on any atom is -0.357 e. The van der Waals surface area contributed by atoms with Crippen LogP contribution < -0.4 is 0 Å². The lowest BCUT2D eigenvalue weighted by Crippen LogP contribution is -2.34. The van der Waals surface area contributed by atoms with Crippen LogP contribution in [-0.2, 0) is 14.2 Å². The summed E-state index contributed by atoms with van der Waals surface area (Å²) < 4.78 is 66.0. The fourth-order valence-corrected chi connectivity index (χ4v) is 3.02. The number of halogens is 4. The van der Waals surface area contributed by atoms with E-state index in [0.717, 1.165) is 24.6 Å². The van der Waals surface area contributed by atoms with Crippen molar-refractivity contribution < 1.29 is 31.8 Å². The Kier molecular flexibility index (Phi) is 5.33. The molecule has 8 heteroatoms. The first-order chi connectivity index (χ1) is 9.41. The third kappa shape index (κ3) is 4.34. The molecule has 0 aromatic rings. The summed E-state index contributed by atoms with van der Waals surface area (Å²) in [6, 6.07) is 0. The number of alkyl halides is 3. The van der Waals surface area contributed by atoms with Gasteiger partial charge in [-0.3, -0.25) is 0 Å². The lowest BCUT2D eigenvalue weighted by atomic mass is 10.2. The van der Waals surface area contributed by atoms with Gasteiger partial charge in [0.05, 0.1) is 13.2 Å². The van der Waals surface area contributed by atoms with Crippen molar-refractivity contribution in [3.63, 3.8) is 0 Å². The Labute approximate surface area is 118 Å². The molecule has 0 bridgehead atoms. The van der Waals surface area contributed by atoms with Gasteiger partial charge >= 0.3 is 6.18 Å². The van der Waals surface area contributed by atoms with E-state index >= 15 is 0 Å². The highest BCUT2D eigenvalue weighted by Crippen LogP contribution is 2.39. The first-order valence-corrected chi connectivity index (χ1v) is 7.37. The largest absolute Gasteiger partial charge is 0.442 e. The Morgan fingerprint density at radius 3 is 2.70 bits per heavy atom. The summed E-state index contributed by atoms with van der Waals surface area (Å²) in [4.78, 5) is -1.42. The lowest BCUT2D eigenvalue weighted by Gasteiger charge is -2.29. The zero-order chi connectivity index (χ0) is 14.6. The van der Waals surface area contributed by atoms with Crippen molar-refractivity contribution in [1.82, 2.24) is 0 Å². The van der Waals surface area contributed by atoms with Crippen LogP contribution in [0, 0.1) is 0 Å². The predicted octanol–water partition coefficient (Wildman–Crippen LogP) is 3.41. The third-order valence-electron chi connectivity index (χ3n) is 3.00. The molecular formula is C12H16F4O3S. The van der Waals surface area contributed by atoms with Gasteiger partial charge in [-0.1, -0.05) is 0 Å². The number of thioether (sulfide) groups is 1. The Morgan fingerprint density at radius 1 is 1.35 bits per heavy atom. The van der Waals surface area contributed by atoms with Gasteiger partial charge < -0.3 is 14.2 Å². The van der Waals surface area contributed by atoms with Crippen LogP contribution >= 0.6 is 11.8 Å². The molecule has 2 rings (SSSR count). The standard InChI is InChI=1S/C12H16F4O3S/c13-9(12(14,15)16)7-11(19-5-6-20-11)8-18-10-3-1-2-4-17-10/h7,10H,1-6,8H2/b9-7-. The monoisotopic (exact) mass is 316 g/mol. The molecule has 2 unspecified atom stereocenters. The van der Waals surface area contributed by atoms with E-state index in [1.807, 2.05) is 0 Å². The Hall–Kier alpha value is -0.310. The van der Waals surface area contributed by atoms with Gasteiger partial charge in [-0.15, -0.1) is 11.8 Å². The van der Waals surface area contributed by atoms with Gasteiger partial charge in [-0.2, -0.15) is 13.2 Å². The zero-order valence-electron chi connectivity index (χ0n) is 10.7. The van der Waals surface area contributed by atoms with Crippen LogP contribution in [0.1, 0.15) is 19.3 Å². The van der Waals surface area contributed by atoms with Crippen molar-refractivity contribution in [3.05, 3.63) is 11.9 Å². The van der Waals surface area contributed by atoms with Gasteiger partial charge in [0, 0.05) is 18.4 Å². The molecule has 0 radical (unpaired) electrons. The van der Waals surface area contributed by atoms with Crippen LogP contribution in [0.5, 0.6) is 0 Å². The molecule has 20 heavy (non-hydrogen) atoms. The van der Waals surface area contributed by atoms with E-state index < -0.39 is 23.2 Å². The molecule has 0 aliphatic carbocycles. The fourth-order valence-electron chi connectivity index (χ4n) is 2.01. The maximum atomic E-state index is 13.1. The van der Waals surface area contributed by atoms with Crippen molar-refractivity contribution in [2.45, 2.75) is 36.7 Å². The molecule has 116 valence electrons. The van der Waals surface area contributed by atoms with E-state index in [4.69, 9.17) is 14.2 Å². The molecule has 2 fully saturated rings. The average Bonchev–Trinajstić information content (AvgIpc) is 2.86. The smallest absolute Gasteiger partial charge is 0.357 e. The van der Waals surface area contributed by atoms with Crippen molar-refractivity contribution in [3.8, 4) is 0 Å². The van der Waals surface area contributed by atoms with Gasteiger partial charge in [0.25, 0.3) is 0 Å². The second-order valence-corrected chi connectivity index (χ2v) is 5.99. The minimum absolute atomic E-state index is 0.161. The van der Waals surface area contributed by atoms with Crippen LogP contribution in [0.4, 0.5) is 17.6 Å². The maximum Gasteiger partial charge on any atom is 0.442 e. The van der Waals surface area contributed by atoms with E-state index in [1.165, 1.54) is 0 Å². The molecule has 0 amide bonds. The van der Waals surface area contributed by atoms with E-state index in [2.05, 4.69) is 0 Å². The van der Waals surface area contributed by atoms with Gasteiger partial charge in [-0.25, -0.2) is 4.39 Å². The number of ether oxygens (including phenoxy) is 3. The highest BCUT2D eigenvalue weighted by atomic mass is 32.2. The Balaban J connectivity index is 1.98. The van der Waals surface area contributed by atoms with Crippen LogP contribution in [0.15, 0.2) is 11.9 Å². The van der Waals surface area contributed by atoms with E-state index in [-0.39, 0.29) is 13.2 Å². The molecule has 2 aliphatic heterocycles. The van der Waals surface area contributed by atoms with Gasteiger partial charge in [0.2, 0.25) is 5.83 Å². The summed E-state index contributed by atoms with van der Waals surface area (Å²) in [5.41, 5.74) is 0. The number of allylic oxidation sites excluding steroid dienone is 1. The highest BCUT2D eigenvalue weighted by Gasteiger charge is 2.42. The predicted molar refractivity (Wildman–Crippen MR) is 65.9 cm³/mol. The van der Waals surface area contributed by atoms with Gasteiger partial charge in [-0.05, 0) is 19.3 Å². The molecule has 2 heterocycles. The molecule has 0 N–H and O–H groups in total. The molecule has 2 saturated heterocycles. The van der Waals surface area contributed by atoms with Crippen LogP contribution in [0.2, 0.25) is 0 Å². The normalized spacial score (nSPS) is 32.6. The molecule has 0 aromatic carbocycles. The van der Waals surface area contributed by atoms with Crippen LogP contribution in [-0.4, -0.2) is 43.0 Å². The SMILES string of the molecule is F/C(=C\C1(COC2CCCCO2)OCCS1)C(F)(F)F. The summed E-state index contributed by atoms with van der Waals surface area (Å²) in [6.07, 6.45) is -2.41. The molecule has 2 aliphatic rings. The summed E-state index contributed by atoms with van der Waals surface area (Å²) in [5, 5.41) is 0. The molecule has 2 atom stereocenters. The lowest BCUT2D eigenvalue weighted by molar-refractivity contribution is -0.178. The van der Waals surface area contributed by atoms with Crippen LogP contribution in [0.25, 0.3) is 0 Å². The van der Waals surface area contributed by atoms with Crippen molar-refractivity contribution in [2.24, 2.45) is 0 Å². The second kappa shape index (κ2) is 6.64. The Morgan fingerprint density at radius 2 is 2.15 bits per heavy atom.